The Morgan fingerprint density at radius 1 is 1.27 bits per heavy atom. The number of carbonyl (C=O) groups is 1. The van der Waals surface area contributed by atoms with Crippen molar-refractivity contribution in [2.45, 2.75) is 18.8 Å². The Labute approximate surface area is 90.9 Å². The predicted molar refractivity (Wildman–Crippen MR) is 60.9 cm³/mol. The zero-order valence-electron chi connectivity index (χ0n) is 9.36. The minimum absolute atomic E-state index is 0.270. The molecule has 0 aliphatic carbocycles. The smallest absolute Gasteiger partial charge is 0.157 e. The Morgan fingerprint density at radius 2 is 1.93 bits per heavy atom. The minimum atomic E-state index is -0.270. The summed E-state index contributed by atoms with van der Waals surface area (Å²) in [5.74, 6) is 0.336. The van der Waals surface area contributed by atoms with Gasteiger partial charge in [0.05, 0.1) is 12.0 Å². The molecule has 1 atom stereocenters. The van der Waals surface area contributed by atoms with Crippen LogP contribution in [0.5, 0.6) is 0 Å². The molecule has 2 nitrogen and oxygen atoms in total. The molecule has 80 valence electrons. The Balaban J connectivity index is 2.31. The van der Waals surface area contributed by atoms with Gasteiger partial charge >= 0.3 is 0 Å². The molecular formula is C13H17NO. The molecule has 0 aromatic heterocycles. The van der Waals surface area contributed by atoms with Crippen molar-refractivity contribution in [1.82, 2.24) is 4.90 Å². The maximum atomic E-state index is 12.1. The number of ketones is 1. The molecule has 0 spiro atoms. The van der Waals surface area contributed by atoms with Crippen LogP contribution in [0.3, 0.4) is 0 Å². The summed E-state index contributed by atoms with van der Waals surface area (Å²) in [4.78, 5) is 14.2. The largest absolute Gasteiger partial charge is 0.299 e. The van der Waals surface area contributed by atoms with Crippen LogP contribution >= 0.6 is 0 Å². The van der Waals surface area contributed by atoms with Crippen molar-refractivity contribution in [3.05, 3.63) is 35.9 Å². The maximum absolute atomic E-state index is 12.1. The second kappa shape index (κ2) is 3.78. The Morgan fingerprint density at radius 3 is 2.53 bits per heavy atom. The van der Waals surface area contributed by atoms with Gasteiger partial charge in [0.1, 0.15) is 0 Å². The van der Waals surface area contributed by atoms with Crippen LogP contribution in [0.25, 0.3) is 0 Å². The van der Waals surface area contributed by atoms with Crippen LogP contribution in [0.2, 0.25) is 0 Å². The number of nitrogens with zero attached hydrogens (tertiary/aromatic N) is 1. The van der Waals surface area contributed by atoms with Crippen molar-refractivity contribution in [2.24, 2.45) is 0 Å². The fraction of sp³-hybridized carbons (Fsp3) is 0.462. The zero-order chi connectivity index (χ0) is 10.9. The van der Waals surface area contributed by atoms with Gasteiger partial charge in [-0.25, -0.2) is 0 Å². The van der Waals surface area contributed by atoms with Crippen molar-refractivity contribution in [2.75, 3.05) is 20.1 Å². The second-order valence-corrected chi connectivity index (χ2v) is 4.61. The van der Waals surface area contributed by atoms with Crippen LogP contribution in [0.1, 0.15) is 18.9 Å². The van der Waals surface area contributed by atoms with Crippen molar-refractivity contribution in [1.29, 1.82) is 0 Å². The lowest BCUT2D eigenvalue weighted by molar-refractivity contribution is -0.127. The number of rotatable bonds is 1. The van der Waals surface area contributed by atoms with Gasteiger partial charge in [-0.1, -0.05) is 30.3 Å². The van der Waals surface area contributed by atoms with Crippen LogP contribution in [-0.2, 0) is 10.2 Å². The van der Waals surface area contributed by atoms with Crippen molar-refractivity contribution >= 4 is 5.78 Å². The molecule has 1 saturated heterocycles. The number of hydrogen-bond donors (Lipinski definition) is 0. The van der Waals surface area contributed by atoms with E-state index < -0.39 is 0 Å². The highest BCUT2D eigenvalue weighted by Gasteiger charge is 2.38. The molecule has 0 amide bonds. The summed E-state index contributed by atoms with van der Waals surface area (Å²) in [5, 5.41) is 0. The molecule has 2 heteroatoms. The quantitative estimate of drug-likeness (QED) is 0.694. The van der Waals surface area contributed by atoms with Gasteiger partial charge in [-0.05, 0) is 32.5 Å². The number of Topliss-reactive ketones (excluding diaryl/α,β-unsaturated/α-hetero) is 1. The van der Waals surface area contributed by atoms with E-state index in [4.69, 9.17) is 0 Å². The number of benzene rings is 1. The monoisotopic (exact) mass is 203 g/mol. The highest BCUT2D eigenvalue weighted by molar-refractivity contribution is 5.92. The van der Waals surface area contributed by atoms with Gasteiger partial charge in [-0.3, -0.25) is 9.69 Å². The summed E-state index contributed by atoms with van der Waals surface area (Å²) in [6.45, 7) is 3.64. The Hall–Kier alpha value is -1.15. The number of carbonyl (C=O) groups excluding carboxylic acids is 1. The number of piperidine rings is 1. The van der Waals surface area contributed by atoms with Gasteiger partial charge in [-0.15, -0.1) is 0 Å². The van der Waals surface area contributed by atoms with Crippen LogP contribution in [-0.4, -0.2) is 30.8 Å². The lowest BCUT2D eigenvalue weighted by atomic mass is 9.74. The molecule has 0 unspecified atom stereocenters. The van der Waals surface area contributed by atoms with E-state index in [2.05, 4.69) is 24.0 Å². The third-order valence-electron chi connectivity index (χ3n) is 3.43. The molecule has 0 bridgehead atoms. The van der Waals surface area contributed by atoms with E-state index in [9.17, 15) is 4.79 Å². The van der Waals surface area contributed by atoms with Crippen LogP contribution < -0.4 is 0 Å². The molecule has 1 aromatic carbocycles. The Bertz CT molecular complexity index is 360. The van der Waals surface area contributed by atoms with Gasteiger partial charge in [0, 0.05) is 0 Å². The average Bonchev–Trinajstić information content (AvgIpc) is 2.25. The lowest BCUT2D eigenvalue weighted by Crippen LogP contribution is -2.47. The molecule has 1 aromatic rings. The standard InChI is InChI=1S/C13H17NO/c1-13(11-6-4-3-5-7-11)8-9-14(2)10-12(13)15/h3-7H,8-10H2,1-2H3/t13-/m0/s1. The van der Waals surface area contributed by atoms with Crippen molar-refractivity contribution < 1.29 is 4.79 Å². The molecule has 1 heterocycles. The van der Waals surface area contributed by atoms with Crippen LogP contribution in [0.15, 0.2) is 30.3 Å². The molecule has 0 N–H and O–H groups in total. The van der Waals surface area contributed by atoms with Crippen molar-refractivity contribution in [3.63, 3.8) is 0 Å². The second-order valence-electron chi connectivity index (χ2n) is 4.61. The summed E-state index contributed by atoms with van der Waals surface area (Å²) < 4.78 is 0. The van der Waals surface area contributed by atoms with E-state index in [0.29, 0.717) is 12.3 Å². The van der Waals surface area contributed by atoms with Gasteiger partial charge in [0.2, 0.25) is 0 Å². The molecule has 0 radical (unpaired) electrons. The summed E-state index contributed by atoms with van der Waals surface area (Å²) in [6.07, 6.45) is 0.923. The topological polar surface area (TPSA) is 20.3 Å². The average molecular weight is 203 g/mol. The Kier molecular flexibility index (Phi) is 2.61. The normalized spacial score (nSPS) is 28.0. The first-order chi connectivity index (χ1) is 7.13. The first kappa shape index (κ1) is 10.4. The summed E-state index contributed by atoms with van der Waals surface area (Å²) in [5.41, 5.74) is 0.886. The SMILES string of the molecule is CN1CC[C@@](C)(c2ccccc2)C(=O)C1. The van der Waals surface area contributed by atoms with Crippen LogP contribution in [0.4, 0.5) is 0 Å². The molecule has 0 saturated carbocycles. The van der Waals surface area contributed by atoms with Crippen molar-refractivity contribution in [3.8, 4) is 0 Å². The molecule has 1 aliphatic heterocycles. The van der Waals surface area contributed by atoms with E-state index in [1.165, 1.54) is 0 Å². The van der Waals surface area contributed by atoms with Gasteiger partial charge in [-0.2, -0.15) is 0 Å². The molecule has 15 heavy (non-hydrogen) atoms. The third kappa shape index (κ3) is 1.82. The van der Waals surface area contributed by atoms with E-state index in [0.717, 1.165) is 18.5 Å². The minimum Gasteiger partial charge on any atom is -0.299 e. The molecule has 1 fully saturated rings. The number of hydrogen-bond acceptors (Lipinski definition) is 2. The third-order valence-corrected chi connectivity index (χ3v) is 3.43. The van der Waals surface area contributed by atoms with E-state index in [-0.39, 0.29) is 5.41 Å². The highest BCUT2D eigenvalue weighted by Crippen LogP contribution is 2.31. The fourth-order valence-corrected chi connectivity index (χ4v) is 2.16. The molecule has 2 rings (SSSR count). The number of likely N-dealkylation sites (tertiary alicyclic amines) is 1. The maximum Gasteiger partial charge on any atom is 0.157 e. The fourth-order valence-electron chi connectivity index (χ4n) is 2.16. The zero-order valence-corrected chi connectivity index (χ0v) is 9.36. The first-order valence-corrected chi connectivity index (χ1v) is 5.40. The van der Waals surface area contributed by atoms with Gasteiger partial charge < -0.3 is 0 Å². The summed E-state index contributed by atoms with van der Waals surface area (Å²) >= 11 is 0. The van der Waals surface area contributed by atoms with E-state index in [1.54, 1.807) is 0 Å². The molecule has 1 aliphatic rings. The highest BCUT2D eigenvalue weighted by atomic mass is 16.1. The first-order valence-electron chi connectivity index (χ1n) is 5.40. The van der Waals surface area contributed by atoms with Crippen LogP contribution in [0, 0.1) is 0 Å². The predicted octanol–water partition coefficient (Wildman–Crippen LogP) is 1.85. The summed E-state index contributed by atoms with van der Waals surface area (Å²) in [6, 6.07) is 10.1. The van der Waals surface area contributed by atoms with E-state index >= 15 is 0 Å². The van der Waals surface area contributed by atoms with Gasteiger partial charge in [0.25, 0.3) is 0 Å². The van der Waals surface area contributed by atoms with Gasteiger partial charge in [0.15, 0.2) is 5.78 Å². The molecular weight excluding hydrogens is 186 g/mol. The van der Waals surface area contributed by atoms with E-state index in [1.807, 2.05) is 25.2 Å². The summed E-state index contributed by atoms with van der Waals surface area (Å²) in [7, 11) is 2.00. The lowest BCUT2D eigenvalue weighted by Gasteiger charge is -2.36. The number of likely N-dealkylation sites (N-methyl/N-ethyl adjacent to an activating group) is 1.